The minimum atomic E-state index is -1.05. The first kappa shape index (κ1) is 11.1. The molecule has 0 aromatic rings. The second kappa shape index (κ2) is 2.85. The smallest absolute Gasteiger partial charge is 0.161 e. The van der Waals surface area contributed by atoms with Crippen molar-refractivity contribution in [3.8, 4) is 0 Å². The molecule has 86 valence electrons. The van der Waals surface area contributed by atoms with E-state index in [0.717, 1.165) is 12.8 Å². The normalized spacial score (nSPS) is 47.1. The quantitative estimate of drug-likeness (QED) is 0.760. The number of hydrogen-bond acceptors (Lipinski definition) is 2. The van der Waals surface area contributed by atoms with Crippen molar-refractivity contribution in [1.82, 2.24) is 0 Å². The van der Waals surface area contributed by atoms with E-state index in [4.69, 9.17) is 0 Å². The van der Waals surface area contributed by atoms with E-state index in [0.29, 0.717) is 12.3 Å². The summed E-state index contributed by atoms with van der Waals surface area (Å²) in [5, 5.41) is 10.7. The molecule has 1 N–H and O–H groups in total. The van der Waals surface area contributed by atoms with Crippen LogP contribution >= 0.6 is 0 Å². The van der Waals surface area contributed by atoms with Gasteiger partial charge in [-0.1, -0.05) is 20.8 Å². The van der Waals surface area contributed by atoms with E-state index in [1.165, 1.54) is 6.42 Å². The lowest BCUT2D eigenvalue weighted by Crippen LogP contribution is -2.53. The van der Waals surface area contributed by atoms with Gasteiger partial charge in [0.05, 0.1) is 0 Å². The topological polar surface area (TPSA) is 37.3 Å². The van der Waals surface area contributed by atoms with Gasteiger partial charge in [-0.3, -0.25) is 4.79 Å². The second-order valence-electron chi connectivity index (χ2n) is 6.01. The highest BCUT2D eigenvalue weighted by Crippen LogP contribution is 2.71. The lowest BCUT2D eigenvalue weighted by Gasteiger charge is -2.46. The molecular formula is C13H22O2. The highest BCUT2D eigenvalue weighted by atomic mass is 16.3. The van der Waals surface area contributed by atoms with Gasteiger partial charge in [-0.15, -0.1) is 0 Å². The molecule has 2 nitrogen and oxygen atoms in total. The number of hydrogen-bond donors (Lipinski definition) is 1. The number of carbonyl (C=O) groups excluding carboxylic acids is 1. The van der Waals surface area contributed by atoms with Crippen LogP contribution in [0.4, 0.5) is 0 Å². The Balaban J connectivity index is 2.54. The fourth-order valence-electron chi connectivity index (χ4n) is 4.55. The van der Waals surface area contributed by atoms with E-state index in [1.807, 2.05) is 0 Å². The predicted molar refractivity (Wildman–Crippen MR) is 59.5 cm³/mol. The number of carbonyl (C=O) groups is 1. The van der Waals surface area contributed by atoms with Crippen molar-refractivity contribution in [1.29, 1.82) is 0 Å². The van der Waals surface area contributed by atoms with Crippen LogP contribution in [0.15, 0.2) is 0 Å². The SMILES string of the molecule is CC[C@]12CC[C@H](C[C@]1(O)C(C)=O)C2(C)C. The molecule has 0 saturated heterocycles. The van der Waals surface area contributed by atoms with Crippen LogP contribution < -0.4 is 0 Å². The molecule has 2 bridgehead atoms. The summed E-state index contributed by atoms with van der Waals surface area (Å²) in [6.45, 7) is 8.13. The Hall–Kier alpha value is -0.370. The highest BCUT2D eigenvalue weighted by Gasteiger charge is 2.71. The van der Waals surface area contributed by atoms with Crippen LogP contribution in [0, 0.1) is 16.7 Å². The van der Waals surface area contributed by atoms with Crippen LogP contribution in [0.1, 0.15) is 53.4 Å². The third-order valence-corrected chi connectivity index (χ3v) is 5.69. The Labute approximate surface area is 92.1 Å². The minimum Gasteiger partial charge on any atom is -0.381 e. The third kappa shape index (κ3) is 0.968. The zero-order valence-electron chi connectivity index (χ0n) is 10.3. The first-order valence-electron chi connectivity index (χ1n) is 6.05. The first-order chi connectivity index (χ1) is 6.82. The molecule has 2 saturated carbocycles. The van der Waals surface area contributed by atoms with Crippen LogP contribution in [0.5, 0.6) is 0 Å². The molecular weight excluding hydrogens is 188 g/mol. The zero-order chi connectivity index (χ0) is 11.5. The van der Waals surface area contributed by atoms with Crippen LogP contribution in [-0.2, 0) is 4.79 Å². The Morgan fingerprint density at radius 2 is 2.07 bits per heavy atom. The molecule has 0 aliphatic heterocycles. The molecule has 2 aliphatic carbocycles. The van der Waals surface area contributed by atoms with Gasteiger partial charge in [0.2, 0.25) is 0 Å². The molecule has 0 aromatic carbocycles. The van der Waals surface area contributed by atoms with Crippen molar-refractivity contribution in [2.75, 3.05) is 0 Å². The first-order valence-corrected chi connectivity index (χ1v) is 6.05. The summed E-state index contributed by atoms with van der Waals surface area (Å²) in [4.78, 5) is 11.8. The molecule has 0 radical (unpaired) electrons. The fraction of sp³-hybridized carbons (Fsp3) is 0.923. The van der Waals surface area contributed by atoms with Crippen molar-refractivity contribution in [2.24, 2.45) is 16.7 Å². The molecule has 2 fully saturated rings. The molecule has 2 heteroatoms. The third-order valence-electron chi connectivity index (χ3n) is 5.69. The fourth-order valence-corrected chi connectivity index (χ4v) is 4.55. The van der Waals surface area contributed by atoms with Crippen LogP contribution in [-0.4, -0.2) is 16.5 Å². The molecule has 15 heavy (non-hydrogen) atoms. The molecule has 0 spiro atoms. The number of aliphatic hydroxyl groups is 1. The number of Topliss-reactive ketones (excluding diaryl/α,β-unsaturated/α-hetero) is 1. The summed E-state index contributed by atoms with van der Waals surface area (Å²) >= 11 is 0. The average Bonchev–Trinajstić information content (AvgIpc) is 2.49. The summed E-state index contributed by atoms with van der Waals surface area (Å²) in [7, 11) is 0. The number of rotatable bonds is 2. The van der Waals surface area contributed by atoms with Crippen LogP contribution in [0.2, 0.25) is 0 Å². The van der Waals surface area contributed by atoms with Gasteiger partial charge in [-0.05, 0) is 43.9 Å². The Kier molecular flexibility index (Phi) is 2.11. The molecule has 0 amide bonds. The lowest BCUT2D eigenvalue weighted by molar-refractivity contribution is -0.156. The van der Waals surface area contributed by atoms with Crippen molar-refractivity contribution in [2.45, 2.75) is 59.0 Å². The second-order valence-corrected chi connectivity index (χ2v) is 6.01. The summed E-state index contributed by atoms with van der Waals surface area (Å²) in [5.74, 6) is 0.492. The molecule has 0 aromatic heterocycles. The largest absolute Gasteiger partial charge is 0.381 e. The van der Waals surface area contributed by atoms with Crippen molar-refractivity contribution in [3.05, 3.63) is 0 Å². The maximum absolute atomic E-state index is 11.8. The maximum Gasteiger partial charge on any atom is 0.161 e. The van der Waals surface area contributed by atoms with Crippen molar-refractivity contribution in [3.63, 3.8) is 0 Å². The monoisotopic (exact) mass is 210 g/mol. The molecule has 0 heterocycles. The molecule has 2 rings (SSSR count). The van der Waals surface area contributed by atoms with Gasteiger partial charge in [0.1, 0.15) is 5.60 Å². The molecule has 0 unspecified atom stereocenters. The maximum atomic E-state index is 11.8. The van der Waals surface area contributed by atoms with Crippen LogP contribution in [0.25, 0.3) is 0 Å². The summed E-state index contributed by atoms with van der Waals surface area (Å²) in [6, 6.07) is 0. The van der Waals surface area contributed by atoms with E-state index in [2.05, 4.69) is 20.8 Å². The van der Waals surface area contributed by atoms with E-state index in [1.54, 1.807) is 6.92 Å². The zero-order valence-corrected chi connectivity index (χ0v) is 10.3. The Bertz CT molecular complexity index is 308. The van der Waals surface area contributed by atoms with Gasteiger partial charge in [-0.2, -0.15) is 0 Å². The van der Waals surface area contributed by atoms with Gasteiger partial charge in [-0.25, -0.2) is 0 Å². The molecule has 2 aliphatic rings. The minimum absolute atomic E-state index is 0.0281. The van der Waals surface area contributed by atoms with Gasteiger partial charge in [0.15, 0.2) is 5.78 Å². The standard InChI is InChI=1S/C13H22O2/c1-5-12-7-6-10(11(12,3)4)8-13(12,15)9(2)14/h10,15H,5-8H2,1-4H3/t10-,12-,13+/m1/s1. The number of ketones is 1. The van der Waals surface area contributed by atoms with Gasteiger partial charge < -0.3 is 5.11 Å². The van der Waals surface area contributed by atoms with E-state index in [9.17, 15) is 9.90 Å². The van der Waals surface area contributed by atoms with E-state index < -0.39 is 5.60 Å². The van der Waals surface area contributed by atoms with Gasteiger partial charge >= 0.3 is 0 Å². The predicted octanol–water partition coefficient (Wildman–Crippen LogP) is 2.54. The Morgan fingerprint density at radius 3 is 2.40 bits per heavy atom. The average molecular weight is 210 g/mol. The summed E-state index contributed by atoms with van der Waals surface area (Å²) in [5.41, 5.74) is -1.10. The lowest BCUT2D eigenvalue weighted by atomic mass is 9.60. The van der Waals surface area contributed by atoms with Crippen molar-refractivity contribution >= 4 is 5.78 Å². The van der Waals surface area contributed by atoms with Crippen molar-refractivity contribution < 1.29 is 9.90 Å². The van der Waals surface area contributed by atoms with Gasteiger partial charge in [0, 0.05) is 5.41 Å². The van der Waals surface area contributed by atoms with Gasteiger partial charge in [0.25, 0.3) is 0 Å². The van der Waals surface area contributed by atoms with Crippen LogP contribution in [0.3, 0.4) is 0 Å². The number of fused-ring (bicyclic) bond motifs is 2. The van der Waals surface area contributed by atoms with E-state index >= 15 is 0 Å². The molecule has 3 atom stereocenters. The van der Waals surface area contributed by atoms with E-state index in [-0.39, 0.29) is 16.6 Å². The highest BCUT2D eigenvalue weighted by molar-refractivity contribution is 5.86. The summed E-state index contributed by atoms with van der Waals surface area (Å²) < 4.78 is 0. The Morgan fingerprint density at radius 1 is 1.47 bits per heavy atom. The summed E-state index contributed by atoms with van der Waals surface area (Å²) in [6.07, 6.45) is 3.78.